The van der Waals surface area contributed by atoms with Gasteiger partial charge >= 0.3 is 0 Å². The van der Waals surface area contributed by atoms with Gasteiger partial charge in [0.05, 0.1) is 16.1 Å². The summed E-state index contributed by atoms with van der Waals surface area (Å²) in [5.41, 5.74) is 7.30. The van der Waals surface area contributed by atoms with Crippen molar-refractivity contribution < 1.29 is 0 Å². The zero-order valence-corrected chi connectivity index (χ0v) is 26.8. The highest BCUT2D eigenvalue weighted by Gasteiger charge is 2.16. The van der Waals surface area contributed by atoms with E-state index in [4.69, 9.17) is 0 Å². The number of nitrogens with zero attached hydrogens (tertiary/aromatic N) is 1. The van der Waals surface area contributed by atoms with Crippen LogP contribution in [0.3, 0.4) is 0 Å². The van der Waals surface area contributed by atoms with Crippen LogP contribution in [0.4, 0.5) is 5.69 Å². The molecule has 0 fully saturated rings. The Kier molecular flexibility index (Phi) is 9.75. The van der Waals surface area contributed by atoms with Crippen LogP contribution in [0.15, 0.2) is 102 Å². The smallest absolute Gasteiger partial charge is 0.0775 e. The van der Waals surface area contributed by atoms with Crippen LogP contribution in [-0.4, -0.2) is 23.2 Å². The molecule has 0 aromatic heterocycles. The van der Waals surface area contributed by atoms with E-state index in [1.807, 2.05) is 0 Å². The Morgan fingerprint density at radius 2 is 0.947 bits per heavy atom. The summed E-state index contributed by atoms with van der Waals surface area (Å²) in [6.45, 7) is 18.6. The molecule has 0 spiro atoms. The fraction of sp³-hybridized carbons (Fsp3) is 0.257. The highest BCUT2D eigenvalue weighted by atomic mass is 28.3. The number of benzene rings is 3. The second-order valence-corrected chi connectivity index (χ2v) is 22.4. The lowest BCUT2D eigenvalue weighted by atomic mass is 10.1. The molecule has 0 amide bonds. The molecule has 3 heteroatoms. The maximum atomic E-state index is 2.39. The lowest BCUT2D eigenvalue weighted by Gasteiger charge is -2.20. The molecule has 0 aliphatic carbocycles. The van der Waals surface area contributed by atoms with Crippen molar-refractivity contribution in [3.8, 4) is 0 Å². The monoisotopic (exact) mass is 535 g/mol. The average Bonchev–Trinajstić information content (AvgIpc) is 2.88. The van der Waals surface area contributed by atoms with Crippen LogP contribution < -0.4 is 15.3 Å². The molecule has 0 saturated heterocycles. The van der Waals surface area contributed by atoms with Gasteiger partial charge in [-0.1, -0.05) is 146 Å². The molecule has 3 rings (SSSR count). The van der Waals surface area contributed by atoms with Gasteiger partial charge in [0, 0.05) is 18.4 Å². The minimum absolute atomic E-state index is 1.18. The maximum absolute atomic E-state index is 2.39. The molecule has 0 saturated carbocycles. The lowest BCUT2D eigenvalue weighted by Crippen LogP contribution is -2.37. The molecule has 0 atom stereocenters. The first-order valence-electron chi connectivity index (χ1n) is 13.6. The van der Waals surface area contributed by atoms with Crippen LogP contribution in [0, 0.1) is 0 Å². The van der Waals surface area contributed by atoms with Gasteiger partial charge in [0.1, 0.15) is 0 Å². The largest absolute Gasteiger partial charge is 0.348 e. The van der Waals surface area contributed by atoms with E-state index in [9.17, 15) is 0 Å². The van der Waals surface area contributed by atoms with Crippen LogP contribution >= 0.6 is 0 Å². The summed E-state index contributed by atoms with van der Waals surface area (Å²) in [7, 11) is -0.370. The van der Waals surface area contributed by atoms with Crippen LogP contribution in [0.2, 0.25) is 39.3 Å². The van der Waals surface area contributed by atoms with Crippen LogP contribution in [0.25, 0.3) is 18.2 Å². The van der Waals surface area contributed by atoms with Crippen molar-refractivity contribution >= 4 is 50.4 Å². The molecule has 198 valence electrons. The molecule has 0 aliphatic heterocycles. The maximum Gasteiger partial charge on any atom is 0.0775 e. The number of anilines is 1. The average molecular weight is 536 g/mol. The first-order valence-corrected chi connectivity index (χ1v) is 20.6. The molecule has 0 unspecified atom stereocenters. The molecular weight excluding hydrogens is 491 g/mol. The van der Waals surface area contributed by atoms with Crippen molar-refractivity contribution in [1.29, 1.82) is 0 Å². The van der Waals surface area contributed by atoms with E-state index in [2.05, 4.69) is 174 Å². The number of rotatable bonds is 9. The summed E-state index contributed by atoms with van der Waals surface area (Å²) in [5.74, 6) is 0. The van der Waals surface area contributed by atoms with E-state index in [1.165, 1.54) is 44.0 Å². The van der Waals surface area contributed by atoms with E-state index in [0.717, 1.165) is 0 Å². The van der Waals surface area contributed by atoms with Crippen molar-refractivity contribution in [2.24, 2.45) is 0 Å². The summed E-state index contributed by atoms with van der Waals surface area (Å²) >= 11 is 0. The van der Waals surface area contributed by atoms with E-state index < -0.39 is 16.1 Å². The van der Waals surface area contributed by atoms with Crippen LogP contribution in [0.1, 0.15) is 30.5 Å². The van der Waals surface area contributed by atoms with E-state index in [1.54, 1.807) is 0 Å². The topological polar surface area (TPSA) is 3.24 Å². The Morgan fingerprint density at radius 3 is 1.37 bits per heavy atom. The first-order chi connectivity index (χ1) is 17.8. The molecule has 1 nitrogen and oxygen atoms in total. The molecule has 0 N–H and O–H groups in total. The SMILES string of the molecule is CC(C=Cc1ccc([Si](C)(C)C)cc1)=CC=C(C)N(C)c1ccc(C=Cc2ccc([Si](C)(C)C)cc2)cc1. The predicted molar refractivity (Wildman–Crippen MR) is 179 cm³/mol. The van der Waals surface area contributed by atoms with Gasteiger partial charge in [-0.2, -0.15) is 0 Å². The van der Waals surface area contributed by atoms with Gasteiger partial charge in [0.15, 0.2) is 0 Å². The quantitative estimate of drug-likeness (QED) is 0.150. The highest BCUT2D eigenvalue weighted by Crippen LogP contribution is 2.20. The fourth-order valence-corrected chi connectivity index (χ4v) is 6.37. The second kappa shape index (κ2) is 12.6. The Hall–Kier alpha value is -3.15. The van der Waals surface area contributed by atoms with Crippen molar-refractivity contribution in [1.82, 2.24) is 0 Å². The third kappa shape index (κ3) is 8.71. The minimum atomic E-state index is -1.25. The standard InChI is InChI=1S/C35H45NSi2/c1-28(11-13-30-18-24-34(25-19-30)37(4,5)6)10-12-29(2)36(3)33-22-16-31(17-23-33)14-15-32-20-26-35(27-21-32)38(7,8)9/h10-27H,1-9H3. The van der Waals surface area contributed by atoms with Gasteiger partial charge in [-0.05, 0) is 48.7 Å². The van der Waals surface area contributed by atoms with Crippen molar-refractivity contribution in [3.05, 3.63) is 119 Å². The Bertz CT molecular complexity index is 1310. The fourth-order valence-electron chi connectivity index (χ4n) is 4.04. The van der Waals surface area contributed by atoms with E-state index >= 15 is 0 Å². The van der Waals surface area contributed by atoms with Gasteiger partial charge in [-0.3, -0.25) is 0 Å². The molecular formula is C35H45NSi2. The molecule has 3 aromatic carbocycles. The third-order valence-electron chi connectivity index (χ3n) is 6.96. The number of hydrogen-bond acceptors (Lipinski definition) is 1. The Morgan fingerprint density at radius 1 is 0.553 bits per heavy atom. The lowest BCUT2D eigenvalue weighted by molar-refractivity contribution is 1.09. The molecule has 0 aliphatic rings. The van der Waals surface area contributed by atoms with Gasteiger partial charge < -0.3 is 4.90 Å². The summed E-state index contributed by atoms with van der Waals surface area (Å²) in [6, 6.07) is 26.8. The summed E-state index contributed by atoms with van der Waals surface area (Å²) in [4.78, 5) is 2.23. The molecule has 0 radical (unpaired) electrons. The second-order valence-electron chi connectivity index (χ2n) is 12.3. The van der Waals surface area contributed by atoms with Gasteiger partial charge in [0.2, 0.25) is 0 Å². The molecule has 38 heavy (non-hydrogen) atoms. The van der Waals surface area contributed by atoms with Crippen molar-refractivity contribution in [3.63, 3.8) is 0 Å². The Labute approximate surface area is 234 Å². The van der Waals surface area contributed by atoms with Gasteiger partial charge in [-0.15, -0.1) is 0 Å². The summed E-state index contributed by atoms with van der Waals surface area (Å²) in [5, 5.41) is 3.00. The zero-order valence-electron chi connectivity index (χ0n) is 24.8. The first kappa shape index (κ1) is 29.4. The predicted octanol–water partition coefficient (Wildman–Crippen LogP) is 8.95. The zero-order chi connectivity index (χ0) is 27.9. The summed E-state index contributed by atoms with van der Waals surface area (Å²) < 4.78 is 0. The van der Waals surface area contributed by atoms with E-state index in [-0.39, 0.29) is 0 Å². The number of hydrogen-bond donors (Lipinski definition) is 0. The normalized spacial score (nSPS) is 13.5. The van der Waals surface area contributed by atoms with Gasteiger partial charge in [0.25, 0.3) is 0 Å². The summed E-state index contributed by atoms with van der Waals surface area (Å²) in [6.07, 6.45) is 13.1. The molecule has 0 bridgehead atoms. The van der Waals surface area contributed by atoms with Gasteiger partial charge in [-0.25, -0.2) is 0 Å². The van der Waals surface area contributed by atoms with Crippen molar-refractivity contribution in [2.75, 3.05) is 11.9 Å². The highest BCUT2D eigenvalue weighted by molar-refractivity contribution is 6.89. The minimum Gasteiger partial charge on any atom is -0.348 e. The number of allylic oxidation sites excluding steroid dienone is 5. The van der Waals surface area contributed by atoms with Crippen LogP contribution in [0.5, 0.6) is 0 Å². The molecule has 3 aromatic rings. The molecule has 0 heterocycles. The van der Waals surface area contributed by atoms with Crippen molar-refractivity contribution in [2.45, 2.75) is 53.1 Å². The third-order valence-corrected chi connectivity index (χ3v) is 11.1. The van der Waals surface area contributed by atoms with Crippen LogP contribution in [-0.2, 0) is 0 Å². The Balaban J connectivity index is 1.60. The van der Waals surface area contributed by atoms with E-state index in [0.29, 0.717) is 0 Å².